The molecule has 5 nitrogen and oxygen atoms in total. The van der Waals surface area contributed by atoms with Gasteiger partial charge in [0.2, 0.25) is 0 Å². The normalized spacial score (nSPS) is 26.6. The van der Waals surface area contributed by atoms with Crippen LogP contribution in [0.2, 0.25) is 5.75 Å². The molecule has 1 aromatic carbocycles. The maximum absolute atomic E-state index is 14.4. The van der Waals surface area contributed by atoms with Gasteiger partial charge in [-0.3, -0.25) is 4.90 Å². The predicted octanol–water partition coefficient (Wildman–Crippen LogP) is 4.74. The van der Waals surface area contributed by atoms with E-state index in [1.54, 1.807) is 0 Å². The number of hydrogen-bond donors (Lipinski definition) is 1. The quantitative estimate of drug-likeness (QED) is 0.653. The van der Waals surface area contributed by atoms with Crippen molar-refractivity contribution in [1.29, 1.82) is 5.26 Å². The maximum Gasteiger partial charge on any atom is 0.162 e. The number of hydrogen-bond acceptors (Lipinski definition) is 6. The number of nitrogens with one attached hydrogen (secondary N) is 1. The molecule has 2 aromatic heterocycles. The van der Waals surface area contributed by atoms with Crippen LogP contribution in [0.5, 0.6) is 0 Å². The number of benzene rings is 1. The topological polar surface area (TPSA) is 64.8 Å². The third kappa shape index (κ3) is 3.95. The van der Waals surface area contributed by atoms with Gasteiger partial charge < -0.3 is 5.31 Å². The molecule has 3 heterocycles. The van der Waals surface area contributed by atoms with Gasteiger partial charge in [0.1, 0.15) is 28.9 Å². The summed E-state index contributed by atoms with van der Waals surface area (Å²) in [6, 6.07) is -2.94. The van der Waals surface area contributed by atoms with Crippen LogP contribution in [-0.4, -0.2) is 34.0 Å². The van der Waals surface area contributed by atoms with Crippen LogP contribution in [0.15, 0.2) is 24.5 Å². The SMILES string of the molecule is [2H]c1c(C)c(F)c(C#N)c([2H])c1C([2H])N1CC([2H])([2H])C([2H])(N([2H])c2ncnc3sc(Cl)c([2H])c23)C([2H])([2H])C1. The van der Waals surface area contributed by atoms with Crippen molar-refractivity contribution in [1.82, 2.24) is 14.9 Å². The molecule has 1 aliphatic heterocycles. The predicted molar refractivity (Wildman–Crippen MR) is 110 cm³/mol. The lowest BCUT2D eigenvalue weighted by molar-refractivity contribution is 0.211. The molecule has 0 aliphatic carbocycles. The molecule has 1 saturated heterocycles. The van der Waals surface area contributed by atoms with Gasteiger partial charge in [0, 0.05) is 32.5 Å². The minimum absolute atomic E-state index is 0.0239. The van der Waals surface area contributed by atoms with Crippen molar-refractivity contribution in [2.45, 2.75) is 32.2 Å². The average Bonchev–Trinajstić information content (AvgIpc) is 3.13. The second kappa shape index (κ2) is 8.00. The molecule has 4 rings (SSSR count). The van der Waals surface area contributed by atoms with E-state index in [2.05, 4.69) is 9.97 Å². The fourth-order valence-corrected chi connectivity index (χ4v) is 3.56. The van der Waals surface area contributed by atoms with E-state index in [9.17, 15) is 9.65 Å². The zero-order valence-electron chi connectivity index (χ0n) is 24.5. The smallest absolute Gasteiger partial charge is 0.162 e. The highest BCUT2D eigenvalue weighted by Gasteiger charge is 2.21. The Morgan fingerprint density at radius 2 is 2.32 bits per heavy atom. The summed E-state index contributed by atoms with van der Waals surface area (Å²) in [7, 11) is 0. The van der Waals surface area contributed by atoms with Crippen LogP contribution in [0.1, 0.15) is 41.8 Å². The Morgan fingerprint density at radius 1 is 1.54 bits per heavy atom. The fourth-order valence-electron chi connectivity index (χ4n) is 2.58. The fraction of sp³-hybridized carbons (Fsp3) is 0.350. The zero-order chi connectivity index (χ0) is 28.5. The van der Waals surface area contributed by atoms with Gasteiger partial charge in [-0.2, -0.15) is 5.26 Å². The van der Waals surface area contributed by atoms with Crippen LogP contribution >= 0.6 is 22.9 Å². The van der Waals surface area contributed by atoms with Crippen LogP contribution in [0.4, 0.5) is 10.2 Å². The lowest BCUT2D eigenvalue weighted by Crippen LogP contribution is -2.38. The van der Waals surface area contributed by atoms with Gasteiger partial charge in [0.15, 0.2) is 1.41 Å². The van der Waals surface area contributed by atoms with Gasteiger partial charge in [0.05, 0.1) is 20.8 Å². The average molecular weight is 426 g/mol. The number of aromatic nitrogens is 2. The molecule has 8 heteroatoms. The molecule has 1 atom stereocenters. The van der Waals surface area contributed by atoms with E-state index in [1.165, 1.54) is 13.0 Å². The van der Waals surface area contributed by atoms with Crippen molar-refractivity contribution in [2.75, 3.05) is 18.4 Å². The summed E-state index contributed by atoms with van der Waals surface area (Å²) < 4.78 is 100.0. The van der Waals surface area contributed by atoms with Gasteiger partial charge in [-0.25, -0.2) is 14.4 Å². The molecule has 3 aromatic rings. The molecule has 1 N–H and O–H groups in total. The first-order valence-electron chi connectivity index (χ1n) is 13.1. The van der Waals surface area contributed by atoms with Gasteiger partial charge in [-0.15, -0.1) is 11.3 Å². The molecule has 0 amide bonds. The Bertz CT molecular complexity index is 1480. The Hall–Kier alpha value is -2.27. The van der Waals surface area contributed by atoms with Crippen LogP contribution in [0.3, 0.4) is 0 Å². The standard InChI is InChI=1S/C20H19ClFN5S/c1-12-6-13(7-14(9-23)18(12)22)10-27-4-2-15(3-5-27)26-19-16-8-17(21)28-20(16)25-11-24-19/h6-8,11,15H,2-5,10H2,1H3,(H,24,25,26)/i2D2,3D2,6D,7D,8D,10D,15D/hD. The third-order valence-electron chi connectivity index (χ3n) is 3.87. The van der Waals surface area contributed by atoms with E-state index in [-0.39, 0.29) is 31.5 Å². The third-order valence-corrected chi connectivity index (χ3v) is 4.98. The monoisotopic (exact) mass is 425 g/mol. The van der Waals surface area contributed by atoms with Crippen molar-refractivity contribution < 1.29 is 18.1 Å². The number of anilines is 1. The molecular formula is C20H19ClFN5S. The molecule has 1 unspecified atom stereocenters. The largest absolute Gasteiger partial charge is 0.367 e. The molecule has 144 valence electrons. The zero-order valence-corrected chi connectivity index (χ0v) is 16.0. The van der Waals surface area contributed by atoms with Gasteiger partial charge in [0.25, 0.3) is 0 Å². The van der Waals surface area contributed by atoms with E-state index < -0.39 is 73.2 Å². The number of nitriles is 1. The first-order chi connectivity index (χ1) is 17.5. The van der Waals surface area contributed by atoms with Crippen LogP contribution < -0.4 is 5.31 Å². The highest BCUT2D eigenvalue weighted by molar-refractivity contribution is 7.22. The number of likely N-dealkylation sites (tertiary alicyclic amines) is 1. The summed E-state index contributed by atoms with van der Waals surface area (Å²) in [5, 5.41) is 9.50. The Labute approximate surface area is 185 Å². The Kier molecular flexibility index (Phi) is 3.00. The second-order valence-electron chi connectivity index (χ2n) is 5.82. The minimum Gasteiger partial charge on any atom is -0.367 e. The summed E-state index contributed by atoms with van der Waals surface area (Å²) in [5.74, 6) is -1.47. The number of rotatable bonds is 4. The summed E-state index contributed by atoms with van der Waals surface area (Å²) in [6.45, 7) is -2.13. The first-order valence-corrected chi connectivity index (χ1v) is 9.25. The van der Waals surface area contributed by atoms with Crippen molar-refractivity contribution >= 4 is 39.0 Å². The summed E-state index contributed by atoms with van der Waals surface area (Å²) >= 11 is 6.94. The summed E-state index contributed by atoms with van der Waals surface area (Å²) in [6.07, 6.45) is -4.71. The highest BCUT2D eigenvalue weighted by atomic mass is 35.5. The highest BCUT2D eigenvalue weighted by Crippen LogP contribution is 2.32. The van der Waals surface area contributed by atoms with E-state index >= 15 is 0 Å². The Balaban J connectivity index is 1.80. The first kappa shape index (κ1) is 10.5. The molecular weight excluding hydrogens is 397 g/mol. The Morgan fingerprint density at radius 3 is 3.07 bits per heavy atom. The van der Waals surface area contributed by atoms with Crippen molar-refractivity contribution in [3.63, 3.8) is 0 Å². The summed E-state index contributed by atoms with van der Waals surface area (Å²) in [5.41, 5.74) is -1.38. The van der Waals surface area contributed by atoms with E-state index in [0.29, 0.717) is 0 Å². The maximum atomic E-state index is 14.4. The van der Waals surface area contributed by atoms with Crippen LogP contribution in [-0.2, 0) is 6.52 Å². The number of piperidine rings is 1. The summed E-state index contributed by atoms with van der Waals surface area (Å²) in [4.78, 5) is 9.05. The number of fused-ring (bicyclic) bond motifs is 1. The van der Waals surface area contributed by atoms with E-state index in [0.717, 1.165) is 22.6 Å². The van der Waals surface area contributed by atoms with E-state index in [1.807, 2.05) is 0 Å². The van der Waals surface area contributed by atoms with Crippen LogP contribution in [0, 0.1) is 24.1 Å². The number of nitrogens with zero attached hydrogens (tertiary/aromatic N) is 4. The molecule has 1 aliphatic rings. The van der Waals surface area contributed by atoms with E-state index in [4.69, 9.17) is 25.3 Å². The molecule has 0 bridgehead atoms. The molecule has 0 spiro atoms. The molecule has 0 radical (unpaired) electrons. The van der Waals surface area contributed by atoms with Gasteiger partial charge in [-0.05, 0) is 42.9 Å². The van der Waals surface area contributed by atoms with Crippen molar-refractivity contribution in [2.24, 2.45) is 0 Å². The number of halogens is 2. The van der Waals surface area contributed by atoms with Gasteiger partial charge >= 0.3 is 0 Å². The lowest BCUT2D eigenvalue weighted by atomic mass is 10.0. The second-order valence-corrected chi connectivity index (χ2v) is 7.42. The van der Waals surface area contributed by atoms with Crippen molar-refractivity contribution in [3.8, 4) is 6.07 Å². The van der Waals surface area contributed by atoms with Crippen molar-refractivity contribution in [3.05, 3.63) is 51.3 Å². The molecule has 0 saturated carbocycles. The lowest BCUT2D eigenvalue weighted by Gasteiger charge is -2.32. The van der Waals surface area contributed by atoms with Crippen LogP contribution in [0.25, 0.3) is 10.2 Å². The number of thiophene rings is 1. The molecule has 1 fully saturated rings. The molecule has 28 heavy (non-hydrogen) atoms. The minimum atomic E-state index is -2.96. The van der Waals surface area contributed by atoms with Gasteiger partial charge in [-0.1, -0.05) is 17.6 Å².